The summed E-state index contributed by atoms with van der Waals surface area (Å²) in [5.74, 6) is 0.777. The Balaban J connectivity index is 1.37. The van der Waals surface area contributed by atoms with Crippen molar-refractivity contribution in [1.29, 1.82) is 0 Å². The first kappa shape index (κ1) is 17.7. The number of hydrogen-bond acceptors (Lipinski definition) is 7. The van der Waals surface area contributed by atoms with Gasteiger partial charge in [0.15, 0.2) is 5.69 Å². The average Bonchev–Trinajstić information content (AvgIpc) is 3.29. The van der Waals surface area contributed by atoms with Gasteiger partial charge in [0.1, 0.15) is 11.8 Å². The molecule has 0 spiro atoms. The van der Waals surface area contributed by atoms with Gasteiger partial charge < -0.3 is 14.6 Å². The van der Waals surface area contributed by atoms with Crippen LogP contribution in [-0.2, 0) is 4.74 Å². The molecule has 9 heteroatoms. The highest BCUT2D eigenvalue weighted by Gasteiger charge is 2.34. The molecule has 2 atom stereocenters. The Morgan fingerprint density at radius 3 is 2.90 bits per heavy atom. The molecular weight excluding hydrogens is 374 g/mol. The van der Waals surface area contributed by atoms with Crippen LogP contribution in [0.25, 0.3) is 11.3 Å². The number of carbonyl (C=O) groups is 1. The van der Waals surface area contributed by atoms with E-state index in [4.69, 9.17) is 9.26 Å². The summed E-state index contributed by atoms with van der Waals surface area (Å²) in [7, 11) is 0. The zero-order valence-electron chi connectivity index (χ0n) is 15.5. The third kappa shape index (κ3) is 3.56. The van der Waals surface area contributed by atoms with E-state index in [0.717, 1.165) is 24.2 Å². The molecular formula is C20H19N5O4. The van der Waals surface area contributed by atoms with Crippen molar-refractivity contribution in [2.45, 2.75) is 30.8 Å². The van der Waals surface area contributed by atoms with Crippen molar-refractivity contribution < 1.29 is 14.1 Å². The smallest absolute Gasteiger partial charge is 0.273 e. The summed E-state index contributed by atoms with van der Waals surface area (Å²) in [6, 6.07) is 7.67. The van der Waals surface area contributed by atoms with Crippen LogP contribution in [0, 0.1) is 0 Å². The Morgan fingerprint density at radius 1 is 1.21 bits per heavy atom. The van der Waals surface area contributed by atoms with E-state index < -0.39 is 12.1 Å². The van der Waals surface area contributed by atoms with Crippen LogP contribution in [0.3, 0.4) is 0 Å². The Bertz CT molecular complexity index is 1090. The normalized spacial score (nSPS) is 21.2. The summed E-state index contributed by atoms with van der Waals surface area (Å²) < 4.78 is 12.2. The average molecular weight is 393 g/mol. The third-order valence-electron chi connectivity index (χ3n) is 5.20. The lowest BCUT2D eigenvalue weighted by molar-refractivity contribution is 0.0915. The summed E-state index contributed by atoms with van der Waals surface area (Å²) in [5, 5.41) is 11.3. The Kier molecular flexibility index (Phi) is 4.44. The quantitative estimate of drug-likeness (QED) is 0.700. The fourth-order valence-electron chi connectivity index (χ4n) is 3.45. The minimum Gasteiger partial charge on any atom is -0.377 e. The van der Waals surface area contributed by atoms with Crippen molar-refractivity contribution in [2.24, 2.45) is 0 Å². The van der Waals surface area contributed by atoms with Gasteiger partial charge in [-0.2, -0.15) is 5.10 Å². The lowest BCUT2D eigenvalue weighted by Crippen LogP contribution is -2.44. The van der Waals surface area contributed by atoms with E-state index in [9.17, 15) is 9.59 Å². The van der Waals surface area contributed by atoms with Gasteiger partial charge in [0.05, 0.1) is 24.9 Å². The zero-order valence-corrected chi connectivity index (χ0v) is 15.5. The fraction of sp³-hybridized carbons (Fsp3) is 0.350. The molecule has 1 aliphatic carbocycles. The van der Waals surface area contributed by atoms with Crippen LogP contribution < -0.4 is 10.9 Å². The second-order valence-electron chi connectivity index (χ2n) is 7.32. The molecule has 4 heterocycles. The summed E-state index contributed by atoms with van der Waals surface area (Å²) >= 11 is 0. The van der Waals surface area contributed by atoms with E-state index in [1.807, 2.05) is 12.1 Å². The Labute approximate surface area is 165 Å². The molecule has 2 aliphatic rings. The molecule has 1 aliphatic heterocycles. The first-order chi connectivity index (χ1) is 14.2. The summed E-state index contributed by atoms with van der Waals surface area (Å²) in [6.45, 7) is 0.565. The molecule has 148 valence electrons. The molecule has 0 aromatic carbocycles. The largest absolute Gasteiger partial charge is 0.377 e. The van der Waals surface area contributed by atoms with Crippen molar-refractivity contribution in [2.75, 3.05) is 13.2 Å². The van der Waals surface area contributed by atoms with Gasteiger partial charge in [-0.3, -0.25) is 14.6 Å². The molecule has 0 bridgehead atoms. The van der Waals surface area contributed by atoms with E-state index in [1.54, 1.807) is 24.5 Å². The van der Waals surface area contributed by atoms with Crippen molar-refractivity contribution in [3.05, 3.63) is 64.5 Å². The molecule has 29 heavy (non-hydrogen) atoms. The molecule has 2 unspecified atom stereocenters. The molecule has 3 aromatic heterocycles. The van der Waals surface area contributed by atoms with Gasteiger partial charge in [0.25, 0.3) is 11.5 Å². The van der Waals surface area contributed by atoms with Gasteiger partial charge in [0, 0.05) is 36.0 Å². The number of nitrogens with one attached hydrogen (secondary N) is 1. The highest BCUT2D eigenvalue weighted by molar-refractivity contribution is 5.92. The van der Waals surface area contributed by atoms with Crippen molar-refractivity contribution >= 4 is 5.91 Å². The van der Waals surface area contributed by atoms with Gasteiger partial charge in [0.2, 0.25) is 0 Å². The predicted octanol–water partition coefficient (Wildman–Crippen LogP) is 1.54. The van der Waals surface area contributed by atoms with Gasteiger partial charge in [-0.15, -0.1) is 0 Å². The lowest BCUT2D eigenvalue weighted by Gasteiger charge is -2.20. The minimum atomic E-state index is -0.419. The number of carbonyl (C=O) groups excluding carboxylic acids is 1. The van der Waals surface area contributed by atoms with Crippen LogP contribution >= 0.6 is 0 Å². The van der Waals surface area contributed by atoms with E-state index >= 15 is 0 Å². The molecule has 0 radical (unpaired) electrons. The van der Waals surface area contributed by atoms with Crippen molar-refractivity contribution in [1.82, 2.24) is 25.2 Å². The minimum absolute atomic E-state index is 0.238. The van der Waals surface area contributed by atoms with Crippen LogP contribution in [0.2, 0.25) is 0 Å². The maximum Gasteiger partial charge on any atom is 0.273 e. The van der Waals surface area contributed by atoms with Crippen LogP contribution in [0.5, 0.6) is 0 Å². The van der Waals surface area contributed by atoms with E-state index in [2.05, 4.69) is 20.6 Å². The predicted molar refractivity (Wildman–Crippen MR) is 101 cm³/mol. The molecule has 5 rings (SSSR count). The number of ether oxygens (including phenoxy) is 1. The molecule has 1 amide bonds. The van der Waals surface area contributed by atoms with Crippen molar-refractivity contribution in [3.63, 3.8) is 0 Å². The van der Waals surface area contributed by atoms with E-state index in [1.165, 1.54) is 10.7 Å². The molecule has 9 nitrogen and oxygen atoms in total. The molecule has 1 saturated heterocycles. The Hall–Kier alpha value is -3.33. The second-order valence-corrected chi connectivity index (χ2v) is 7.32. The van der Waals surface area contributed by atoms with Crippen LogP contribution in [0.1, 0.15) is 41.1 Å². The van der Waals surface area contributed by atoms with Crippen LogP contribution in [-0.4, -0.2) is 45.1 Å². The SMILES string of the molecule is O=C(NC1COCC1n1nc(-c2cccnc2)ccc1=O)c1cc(C2CC2)on1. The number of amides is 1. The van der Waals surface area contributed by atoms with Gasteiger partial charge in [-0.05, 0) is 31.0 Å². The highest BCUT2D eigenvalue weighted by Crippen LogP contribution is 2.40. The first-order valence-electron chi connectivity index (χ1n) is 9.54. The fourth-order valence-corrected chi connectivity index (χ4v) is 3.45. The van der Waals surface area contributed by atoms with Crippen LogP contribution in [0.4, 0.5) is 0 Å². The third-order valence-corrected chi connectivity index (χ3v) is 5.20. The maximum atomic E-state index is 12.6. The van der Waals surface area contributed by atoms with Gasteiger partial charge >= 0.3 is 0 Å². The highest BCUT2D eigenvalue weighted by atomic mass is 16.5. The standard InChI is InChI=1S/C20H19N5O4/c26-19-6-5-14(13-2-1-7-21-9-13)23-25(19)17-11-28-10-16(17)22-20(27)15-8-18(29-24-15)12-3-4-12/h1-2,5-9,12,16-17H,3-4,10-11H2,(H,22,27). The first-order valence-corrected chi connectivity index (χ1v) is 9.54. The maximum absolute atomic E-state index is 12.6. The molecule has 2 fully saturated rings. The molecule has 1 saturated carbocycles. The van der Waals surface area contributed by atoms with E-state index in [-0.39, 0.29) is 30.4 Å². The summed E-state index contributed by atoms with van der Waals surface area (Å²) in [6.07, 6.45) is 5.49. The topological polar surface area (TPSA) is 112 Å². The van der Waals surface area contributed by atoms with Gasteiger partial charge in [-0.25, -0.2) is 4.68 Å². The Morgan fingerprint density at radius 2 is 2.10 bits per heavy atom. The number of hydrogen-bond donors (Lipinski definition) is 1. The van der Waals surface area contributed by atoms with E-state index in [0.29, 0.717) is 11.6 Å². The molecule has 1 N–H and O–H groups in total. The summed E-state index contributed by atoms with van der Waals surface area (Å²) in [4.78, 5) is 29.2. The van der Waals surface area contributed by atoms with Gasteiger partial charge in [-0.1, -0.05) is 5.16 Å². The summed E-state index contributed by atoms with van der Waals surface area (Å²) in [5.41, 5.74) is 1.41. The zero-order chi connectivity index (χ0) is 19.8. The second kappa shape index (κ2) is 7.25. The monoisotopic (exact) mass is 393 g/mol. The number of nitrogens with zero attached hydrogens (tertiary/aromatic N) is 4. The number of pyridine rings is 1. The number of rotatable bonds is 5. The molecule has 3 aromatic rings. The lowest BCUT2D eigenvalue weighted by atomic mass is 10.1. The number of aromatic nitrogens is 4. The van der Waals surface area contributed by atoms with Crippen molar-refractivity contribution in [3.8, 4) is 11.3 Å². The van der Waals surface area contributed by atoms with Crippen LogP contribution in [0.15, 0.2) is 52.0 Å².